The molecular weight excluding hydrogens is 240 g/mol. The van der Waals surface area contributed by atoms with Gasteiger partial charge in [0, 0.05) is 0 Å². The van der Waals surface area contributed by atoms with Crippen LogP contribution in [0, 0.1) is 0 Å². The molecular formula is C20H12. The fraction of sp³-hybridized carbons (Fsp3) is 0. The topological polar surface area (TPSA) is 0 Å². The maximum Gasteiger partial charge on any atom is -0.00143 e. The maximum absolute atomic E-state index is 2.25. The van der Waals surface area contributed by atoms with Crippen molar-refractivity contribution in [2.45, 2.75) is 0 Å². The predicted molar refractivity (Wildman–Crippen MR) is 87.7 cm³/mol. The molecule has 0 unspecified atom stereocenters. The summed E-state index contributed by atoms with van der Waals surface area (Å²) in [6.07, 6.45) is 0. The van der Waals surface area contributed by atoms with Gasteiger partial charge in [-0.05, 0) is 43.1 Å². The minimum absolute atomic E-state index is 1.33. The molecule has 0 aliphatic rings. The van der Waals surface area contributed by atoms with E-state index >= 15 is 0 Å². The molecule has 0 radical (unpaired) electrons. The van der Waals surface area contributed by atoms with E-state index in [9.17, 15) is 0 Å². The molecule has 0 saturated carbocycles. The average Bonchev–Trinajstić information content (AvgIpc) is 2.86. The summed E-state index contributed by atoms with van der Waals surface area (Å²) < 4.78 is 0. The molecule has 0 spiro atoms. The van der Waals surface area contributed by atoms with Crippen LogP contribution in [0.2, 0.25) is 0 Å². The van der Waals surface area contributed by atoms with Crippen molar-refractivity contribution in [3.8, 4) is 0 Å². The molecule has 5 rings (SSSR count). The van der Waals surface area contributed by atoms with Crippen LogP contribution in [0.15, 0.2) is 72.8 Å². The van der Waals surface area contributed by atoms with E-state index in [0.717, 1.165) is 0 Å². The molecule has 0 aliphatic heterocycles. The fourth-order valence-electron chi connectivity index (χ4n) is 3.56. The van der Waals surface area contributed by atoms with Gasteiger partial charge in [0.1, 0.15) is 0 Å². The van der Waals surface area contributed by atoms with Gasteiger partial charge in [-0.15, -0.1) is 0 Å². The van der Waals surface area contributed by atoms with Gasteiger partial charge >= 0.3 is 0 Å². The Hall–Kier alpha value is -2.60. The highest BCUT2D eigenvalue weighted by molar-refractivity contribution is 6.34. The Morgan fingerprint density at radius 2 is 0.850 bits per heavy atom. The Kier molecular flexibility index (Phi) is 1.78. The third-order valence-electron chi connectivity index (χ3n) is 4.39. The lowest BCUT2D eigenvalue weighted by atomic mass is 10.1. The third kappa shape index (κ3) is 1.12. The van der Waals surface area contributed by atoms with Crippen LogP contribution in [0.5, 0.6) is 0 Å². The van der Waals surface area contributed by atoms with Crippen molar-refractivity contribution >= 4 is 43.1 Å². The highest BCUT2D eigenvalue weighted by Gasteiger charge is 2.11. The number of rotatable bonds is 0. The molecule has 0 aliphatic carbocycles. The maximum atomic E-state index is 2.25. The molecule has 0 aromatic heterocycles. The summed E-state index contributed by atoms with van der Waals surface area (Å²) in [4.78, 5) is 0. The van der Waals surface area contributed by atoms with Gasteiger partial charge in [0.25, 0.3) is 0 Å². The molecule has 0 saturated heterocycles. The summed E-state index contributed by atoms with van der Waals surface area (Å²) in [7, 11) is 0. The lowest BCUT2D eigenvalue weighted by molar-refractivity contribution is 1.85. The average molecular weight is 252 g/mol. The summed E-state index contributed by atoms with van der Waals surface area (Å²) in [6, 6.07) is 26.5. The van der Waals surface area contributed by atoms with Crippen molar-refractivity contribution in [2.75, 3.05) is 0 Å². The first-order valence-electron chi connectivity index (χ1n) is 6.98. The molecule has 0 heteroatoms. The van der Waals surface area contributed by atoms with Crippen LogP contribution < -0.4 is 0 Å². The first kappa shape index (κ1) is 10.2. The molecule has 20 heavy (non-hydrogen) atoms. The van der Waals surface area contributed by atoms with E-state index < -0.39 is 0 Å². The molecule has 5 aromatic rings. The highest BCUT2D eigenvalue weighted by atomic mass is 14.1. The minimum Gasteiger partial charge on any atom is -0.0616 e. The zero-order valence-corrected chi connectivity index (χ0v) is 10.9. The molecule has 0 nitrogen and oxygen atoms in total. The van der Waals surface area contributed by atoms with E-state index in [4.69, 9.17) is 0 Å². The van der Waals surface area contributed by atoms with E-state index in [1.165, 1.54) is 43.1 Å². The first-order valence-corrected chi connectivity index (χ1v) is 6.98. The second-order valence-corrected chi connectivity index (χ2v) is 5.42. The van der Waals surface area contributed by atoms with Crippen molar-refractivity contribution < 1.29 is 0 Å². The zero-order chi connectivity index (χ0) is 13.1. The second kappa shape index (κ2) is 3.49. The largest absolute Gasteiger partial charge is 0.0616 e. The Balaban J connectivity index is 2.34. The lowest BCUT2D eigenvalue weighted by Gasteiger charge is -1.89. The highest BCUT2D eigenvalue weighted by Crippen LogP contribution is 2.40. The normalized spacial score (nSPS) is 12.0. The van der Waals surface area contributed by atoms with E-state index in [0.29, 0.717) is 0 Å². The van der Waals surface area contributed by atoms with Crippen molar-refractivity contribution in [1.82, 2.24) is 0 Å². The minimum atomic E-state index is 1.33. The summed E-state index contributed by atoms with van der Waals surface area (Å²) >= 11 is 0. The Morgan fingerprint density at radius 3 is 1.40 bits per heavy atom. The molecule has 0 atom stereocenters. The van der Waals surface area contributed by atoms with E-state index in [1.54, 1.807) is 0 Å². The molecule has 0 N–H and O–H groups in total. The van der Waals surface area contributed by atoms with Gasteiger partial charge in [-0.2, -0.15) is 0 Å². The van der Waals surface area contributed by atoms with Crippen LogP contribution in [0.3, 0.4) is 0 Å². The van der Waals surface area contributed by atoms with Crippen LogP contribution in [0.4, 0.5) is 0 Å². The SMILES string of the molecule is c1ccc2c(c1)c1cccc3ccc4cccc2c1c34. The van der Waals surface area contributed by atoms with Crippen molar-refractivity contribution in [3.63, 3.8) is 0 Å². The predicted octanol–water partition coefficient (Wildman–Crippen LogP) is 5.74. The van der Waals surface area contributed by atoms with Crippen LogP contribution in [-0.4, -0.2) is 0 Å². The zero-order valence-electron chi connectivity index (χ0n) is 10.9. The van der Waals surface area contributed by atoms with Crippen molar-refractivity contribution in [1.29, 1.82) is 0 Å². The van der Waals surface area contributed by atoms with Gasteiger partial charge in [-0.1, -0.05) is 72.8 Å². The number of hydrogen-bond acceptors (Lipinski definition) is 0. The molecule has 5 aromatic carbocycles. The Bertz CT molecular complexity index is 1000. The van der Waals surface area contributed by atoms with Crippen molar-refractivity contribution in [2.24, 2.45) is 0 Å². The van der Waals surface area contributed by atoms with E-state index in [1.807, 2.05) is 0 Å². The Morgan fingerprint density at radius 1 is 0.350 bits per heavy atom. The number of fused-ring (bicyclic) bond motifs is 3. The quantitative estimate of drug-likeness (QED) is 0.330. The Labute approximate surface area is 116 Å². The summed E-state index contributed by atoms with van der Waals surface area (Å²) in [5.74, 6) is 0. The smallest absolute Gasteiger partial charge is 0.00143 e. The van der Waals surface area contributed by atoms with Crippen molar-refractivity contribution in [3.05, 3.63) is 72.8 Å². The summed E-state index contributed by atoms with van der Waals surface area (Å²) in [5.41, 5.74) is 0. The van der Waals surface area contributed by atoms with E-state index in [2.05, 4.69) is 72.8 Å². The number of benzene rings is 1. The lowest BCUT2D eigenvalue weighted by Crippen LogP contribution is -1.62. The molecule has 92 valence electrons. The second-order valence-electron chi connectivity index (χ2n) is 5.42. The monoisotopic (exact) mass is 252 g/mol. The van der Waals surface area contributed by atoms with Crippen LogP contribution in [0.1, 0.15) is 0 Å². The van der Waals surface area contributed by atoms with E-state index in [-0.39, 0.29) is 0 Å². The number of hydrogen-bond donors (Lipinski definition) is 0. The third-order valence-corrected chi connectivity index (χ3v) is 4.39. The van der Waals surface area contributed by atoms with Gasteiger partial charge in [0.2, 0.25) is 0 Å². The summed E-state index contributed by atoms with van der Waals surface area (Å²) in [6.45, 7) is 0. The van der Waals surface area contributed by atoms with Crippen LogP contribution in [-0.2, 0) is 0 Å². The molecule has 0 heterocycles. The van der Waals surface area contributed by atoms with Gasteiger partial charge in [0.05, 0.1) is 0 Å². The molecule has 0 amide bonds. The fourth-order valence-corrected chi connectivity index (χ4v) is 3.56. The van der Waals surface area contributed by atoms with Gasteiger partial charge in [0.15, 0.2) is 0 Å². The van der Waals surface area contributed by atoms with Gasteiger partial charge < -0.3 is 0 Å². The van der Waals surface area contributed by atoms with Gasteiger partial charge in [-0.25, -0.2) is 0 Å². The summed E-state index contributed by atoms with van der Waals surface area (Å²) in [5, 5.41) is 10.9. The first-order chi connectivity index (χ1) is 9.93. The molecule has 0 fully saturated rings. The van der Waals surface area contributed by atoms with Crippen LogP contribution in [0.25, 0.3) is 43.1 Å². The molecule has 0 bridgehead atoms. The van der Waals surface area contributed by atoms with Crippen LogP contribution >= 0.6 is 0 Å². The van der Waals surface area contributed by atoms with Gasteiger partial charge in [-0.3, -0.25) is 0 Å². The standard InChI is InChI=1S/C20H12/c1-2-8-16-15(7-1)17-9-3-5-13-11-12-14-6-4-10-18(16)20(17)19(13)14/h1-12H.